The first-order valence-electron chi connectivity index (χ1n) is 12.5. The van der Waals surface area contributed by atoms with Crippen LogP contribution in [-0.4, -0.2) is 78.4 Å². The van der Waals surface area contributed by atoms with Crippen LogP contribution in [-0.2, 0) is 23.9 Å². The number of aliphatic hydroxyl groups excluding tert-OH is 1. The molecule has 2 fully saturated rings. The Balaban J connectivity index is 1.47. The molecule has 0 spiro atoms. The minimum atomic E-state index is -2.11. The lowest BCUT2D eigenvalue weighted by atomic mass is 9.78. The summed E-state index contributed by atoms with van der Waals surface area (Å²) in [5.74, 6) is -4.11. The number of esters is 2. The fraction of sp³-hybridized carbons (Fsp3) is 0.321. The van der Waals surface area contributed by atoms with Gasteiger partial charge in [0.05, 0.1) is 0 Å². The van der Waals surface area contributed by atoms with Gasteiger partial charge in [0.15, 0.2) is 23.0 Å². The third-order valence-corrected chi connectivity index (χ3v) is 6.53. The molecule has 2 aliphatic rings. The number of aliphatic hydroxyl groups is 2. The molecule has 0 bridgehead atoms. The minimum Gasteiger partial charge on any atom is -0.504 e. The SMILES string of the molecule is O=C(/C=C/c1ccc(O)c(O)c1)O[C@@H]1C[C@](O)(C(=O)NC2CC2)C[C@@H](OC(=O)/C=C/c2ccc(O)c(O)c2)[C@H]1O. The Morgan fingerprint density at radius 1 is 0.775 bits per heavy atom. The van der Waals surface area contributed by atoms with E-state index in [1.54, 1.807) is 0 Å². The molecular formula is C28H29NO11. The van der Waals surface area contributed by atoms with Gasteiger partial charge in [-0.3, -0.25) is 4.79 Å². The average Bonchev–Trinajstić information content (AvgIpc) is 3.72. The quantitative estimate of drug-likeness (QED) is 0.140. The highest BCUT2D eigenvalue weighted by Gasteiger charge is 2.52. The molecule has 1 amide bonds. The largest absolute Gasteiger partial charge is 0.504 e. The number of carbonyl (C=O) groups is 3. The number of ether oxygens (including phenoxy) is 2. The van der Waals surface area contributed by atoms with Crippen LogP contribution in [0.4, 0.5) is 0 Å². The van der Waals surface area contributed by atoms with Crippen molar-refractivity contribution in [3.05, 3.63) is 59.7 Å². The van der Waals surface area contributed by atoms with Crippen molar-refractivity contribution in [2.45, 2.75) is 55.6 Å². The van der Waals surface area contributed by atoms with E-state index in [1.165, 1.54) is 48.6 Å². The third kappa shape index (κ3) is 7.10. The van der Waals surface area contributed by atoms with Crippen molar-refractivity contribution in [2.75, 3.05) is 0 Å². The van der Waals surface area contributed by atoms with E-state index in [4.69, 9.17) is 9.47 Å². The van der Waals surface area contributed by atoms with Crippen LogP contribution in [0.15, 0.2) is 48.6 Å². The number of nitrogens with one attached hydrogen (secondary N) is 1. The van der Waals surface area contributed by atoms with E-state index in [0.29, 0.717) is 11.1 Å². The number of phenolic OH excluding ortho intramolecular Hbond substituents is 4. The molecule has 0 radical (unpaired) electrons. The monoisotopic (exact) mass is 555 g/mol. The van der Waals surface area contributed by atoms with E-state index in [1.807, 2.05) is 0 Å². The van der Waals surface area contributed by atoms with Crippen LogP contribution >= 0.6 is 0 Å². The number of amides is 1. The normalized spacial score (nSPS) is 24.6. The van der Waals surface area contributed by atoms with Crippen molar-refractivity contribution in [1.29, 1.82) is 0 Å². The lowest BCUT2D eigenvalue weighted by Crippen LogP contribution is -2.60. The van der Waals surface area contributed by atoms with E-state index in [0.717, 1.165) is 25.0 Å². The molecule has 2 saturated carbocycles. The summed E-state index contributed by atoms with van der Waals surface area (Å²) in [5.41, 5.74) is -1.40. The summed E-state index contributed by atoms with van der Waals surface area (Å²) < 4.78 is 10.6. The maximum Gasteiger partial charge on any atom is 0.331 e. The first-order valence-corrected chi connectivity index (χ1v) is 12.5. The van der Waals surface area contributed by atoms with Crippen molar-refractivity contribution in [3.8, 4) is 23.0 Å². The van der Waals surface area contributed by atoms with Gasteiger partial charge in [-0.15, -0.1) is 0 Å². The number of phenols is 4. The van der Waals surface area contributed by atoms with E-state index in [-0.39, 0.29) is 17.5 Å². The van der Waals surface area contributed by atoms with Crippen molar-refractivity contribution >= 4 is 30.0 Å². The topological polar surface area (TPSA) is 203 Å². The summed E-state index contributed by atoms with van der Waals surface area (Å²) in [4.78, 5) is 37.9. The third-order valence-electron chi connectivity index (χ3n) is 6.53. The van der Waals surface area contributed by atoms with Crippen LogP contribution in [0.25, 0.3) is 12.2 Å². The van der Waals surface area contributed by atoms with Gasteiger partial charge in [0.1, 0.15) is 23.9 Å². The predicted molar refractivity (Wildman–Crippen MR) is 139 cm³/mol. The molecule has 12 nitrogen and oxygen atoms in total. The van der Waals surface area contributed by atoms with E-state index in [2.05, 4.69) is 5.32 Å². The first-order chi connectivity index (χ1) is 18.9. The van der Waals surface area contributed by atoms with E-state index >= 15 is 0 Å². The summed E-state index contributed by atoms with van der Waals surface area (Å²) in [5, 5.41) is 62.7. The van der Waals surface area contributed by atoms with Gasteiger partial charge in [-0.2, -0.15) is 0 Å². The van der Waals surface area contributed by atoms with Gasteiger partial charge in [0, 0.05) is 31.0 Å². The number of carbonyl (C=O) groups excluding carboxylic acids is 3. The highest BCUT2D eigenvalue weighted by molar-refractivity contribution is 5.89. The molecule has 2 atom stereocenters. The zero-order valence-corrected chi connectivity index (χ0v) is 21.1. The first kappa shape index (κ1) is 28.5. The van der Waals surface area contributed by atoms with Crippen LogP contribution in [0.5, 0.6) is 23.0 Å². The number of hydrogen-bond acceptors (Lipinski definition) is 11. The molecular weight excluding hydrogens is 526 g/mol. The van der Waals surface area contributed by atoms with Crippen molar-refractivity contribution in [2.24, 2.45) is 0 Å². The Bertz CT molecular complexity index is 1260. The Hall–Kier alpha value is -4.55. The Labute approximate surface area is 228 Å². The molecule has 4 rings (SSSR count). The van der Waals surface area contributed by atoms with Crippen LogP contribution in [0.3, 0.4) is 0 Å². The van der Waals surface area contributed by atoms with Crippen molar-refractivity contribution in [1.82, 2.24) is 5.32 Å². The van der Waals surface area contributed by atoms with Crippen LogP contribution < -0.4 is 5.32 Å². The summed E-state index contributed by atoms with van der Waals surface area (Å²) >= 11 is 0. The average molecular weight is 556 g/mol. The smallest absolute Gasteiger partial charge is 0.331 e. The van der Waals surface area contributed by atoms with E-state index < -0.39 is 66.1 Å². The highest BCUT2D eigenvalue weighted by atomic mass is 16.6. The summed E-state index contributed by atoms with van der Waals surface area (Å²) in [6.07, 6.45) is 0.700. The van der Waals surface area contributed by atoms with Gasteiger partial charge in [-0.1, -0.05) is 12.1 Å². The number of aromatic hydroxyl groups is 4. The highest BCUT2D eigenvalue weighted by Crippen LogP contribution is 2.34. The molecule has 2 aromatic carbocycles. The Morgan fingerprint density at radius 2 is 1.23 bits per heavy atom. The zero-order chi connectivity index (χ0) is 29.0. The molecule has 7 N–H and O–H groups in total. The number of rotatable bonds is 8. The number of benzene rings is 2. The molecule has 212 valence electrons. The predicted octanol–water partition coefficient (Wildman–Crippen LogP) is 1.22. The molecule has 0 aromatic heterocycles. The molecule has 0 saturated heterocycles. The zero-order valence-electron chi connectivity index (χ0n) is 21.1. The van der Waals surface area contributed by atoms with Gasteiger partial charge in [0.2, 0.25) is 0 Å². The van der Waals surface area contributed by atoms with Gasteiger partial charge in [-0.25, -0.2) is 9.59 Å². The van der Waals surface area contributed by atoms with Gasteiger partial charge < -0.3 is 45.4 Å². The Kier molecular flexibility index (Phi) is 8.31. The summed E-state index contributed by atoms with van der Waals surface area (Å²) in [7, 11) is 0. The molecule has 40 heavy (non-hydrogen) atoms. The minimum absolute atomic E-state index is 0.0975. The maximum absolute atomic E-state index is 12.8. The molecule has 0 heterocycles. The van der Waals surface area contributed by atoms with Gasteiger partial charge in [-0.05, 0) is 60.4 Å². The number of hydrogen-bond donors (Lipinski definition) is 7. The van der Waals surface area contributed by atoms with Crippen LogP contribution in [0.1, 0.15) is 36.8 Å². The lowest BCUT2D eigenvalue weighted by molar-refractivity contribution is -0.196. The summed E-state index contributed by atoms with van der Waals surface area (Å²) in [6, 6.07) is 7.62. The van der Waals surface area contributed by atoms with Gasteiger partial charge in [0.25, 0.3) is 5.91 Å². The van der Waals surface area contributed by atoms with Gasteiger partial charge >= 0.3 is 11.9 Å². The molecule has 12 heteroatoms. The van der Waals surface area contributed by atoms with Crippen LogP contribution in [0.2, 0.25) is 0 Å². The maximum atomic E-state index is 12.8. The van der Waals surface area contributed by atoms with Crippen molar-refractivity contribution in [3.63, 3.8) is 0 Å². The van der Waals surface area contributed by atoms with Crippen LogP contribution in [0, 0.1) is 0 Å². The molecule has 0 aliphatic heterocycles. The second kappa shape index (κ2) is 11.7. The molecule has 0 unspecified atom stereocenters. The fourth-order valence-electron chi connectivity index (χ4n) is 4.18. The Morgan fingerprint density at radius 3 is 1.62 bits per heavy atom. The molecule has 2 aliphatic carbocycles. The second-order valence-electron chi connectivity index (χ2n) is 9.79. The van der Waals surface area contributed by atoms with Crippen molar-refractivity contribution < 1.29 is 54.5 Å². The fourth-order valence-corrected chi connectivity index (χ4v) is 4.18. The second-order valence-corrected chi connectivity index (χ2v) is 9.79. The van der Waals surface area contributed by atoms with E-state index in [9.17, 15) is 45.0 Å². The lowest BCUT2D eigenvalue weighted by Gasteiger charge is -2.41. The standard InChI is InChI=1S/C28H29NO11/c30-18-7-1-15(11-20(18)32)3-9-24(34)39-22-13-28(38,27(37)29-17-5-6-17)14-23(26(22)36)40-25(35)10-4-16-2-8-19(31)21(33)12-16/h1-4,7-12,17,22-23,26,30-33,36,38H,5-6,13-14H2,(H,29,37)/b9-3+,10-4+/t22-,23-,26-,28+/m1/s1. The summed E-state index contributed by atoms with van der Waals surface area (Å²) in [6.45, 7) is 0. The molecule has 2 aromatic rings.